The first-order valence-electron chi connectivity index (χ1n) is 7.17. The van der Waals surface area contributed by atoms with E-state index in [4.69, 9.17) is 28.4 Å². The summed E-state index contributed by atoms with van der Waals surface area (Å²) in [7, 11) is 0. The maximum absolute atomic E-state index is 11.4. The molecule has 3 aliphatic rings. The molecule has 3 heterocycles. The van der Waals surface area contributed by atoms with Crippen molar-refractivity contribution >= 4 is 5.97 Å². The maximum Gasteiger partial charge on any atom is 0.303 e. The highest BCUT2D eigenvalue weighted by Crippen LogP contribution is 2.41. The summed E-state index contributed by atoms with van der Waals surface area (Å²) in [5.41, 5.74) is 0. The van der Waals surface area contributed by atoms with E-state index in [1.165, 1.54) is 6.92 Å². The molecule has 5 atom stereocenters. The standard InChI is InChI=1S/C14H22O7/c1-7(15)17-10-9(8-6-16-13(2,3)19-8)18-12-11(10)20-14(4,5)21-12/h8-12H,6H2,1-5H3/t8-,9+,10-,11+,12+/m1/s1. The molecule has 0 amide bonds. The molecule has 3 fully saturated rings. The molecule has 21 heavy (non-hydrogen) atoms. The van der Waals surface area contributed by atoms with Crippen molar-refractivity contribution < 1.29 is 33.2 Å². The average molecular weight is 302 g/mol. The summed E-state index contributed by atoms with van der Waals surface area (Å²) in [6.45, 7) is 9.00. The van der Waals surface area contributed by atoms with Crippen molar-refractivity contribution in [2.24, 2.45) is 0 Å². The number of carbonyl (C=O) groups is 1. The SMILES string of the molecule is CC(=O)O[C@H]1[C@@H]2OC(C)(C)O[C@@H]2O[C@H]1[C@H]1COC(C)(C)O1. The molecule has 3 rings (SSSR count). The Labute approximate surface area is 123 Å². The lowest BCUT2D eigenvalue weighted by molar-refractivity contribution is -0.235. The summed E-state index contributed by atoms with van der Waals surface area (Å²) >= 11 is 0. The van der Waals surface area contributed by atoms with E-state index < -0.39 is 36.2 Å². The molecule has 0 spiro atoms. The smallest absolute Gasteiger partial charge is 0.303 e. The molecule has 0 aliphatic carbocycles. The molecule has 0 radical (unpaired) electrons. The molecule has 0 saturated carbocycles. The molecule has 0 N–H and O–H groups in total. The summed E-state index contributed by atoms with van der Waals surface area (Å²) in [6.07, 6.45) is -2.40. The fourth-order valence-corrected chi connectivity index (χ4v) is 3.01. The minimum Gasteiger partial charge on any atom is -0.457 e. The Morgan fingerprint density at radius 1 is 1.05 bits per heavy atom. The maximum atomic E-state index is 11.4. The van der Waals surface area contributed by atoms with Gasteiger partial charge in [-0.2, -0.15) is 0 Å². The first-order chi connectivity index (χ1) is 9.67. The summed E-state index contributed by atoms with van der Waals surface area (Å²) < 4.78 is 34.2. The molecule has 3 aliphatic heterocycles. The molecule has 7 heteroatoms. The normalized spacial score (nSPS) is 43.8. The lowest BCUT2D eigenvalue weighted by Gasteiger charge is -2.28. The summed E-state index contributed by atoms with van der Waals surface area (Å²) in [4.78, 5) is 11.4. The van der Waals surface area contributed by atoms with E-state index in [-0.39, 0.29) is 12.1 Å². The monoisotopic (exact) mass is 302 g/mol. The van der Waals surface area contributed by atoms with Gasteiger partial charge >= 0.3 is 5.97 Å². The van der Waals surface area contributed by atoms with E-state index in [1.807, 2.05) is 13.8 Å². The number of rotatable bonds is 2. The predicted octanol–water partition coefficient (Wildman–Crippen LogP) is 0.946. The van der Waals surface area contributed by atoms with E-state index >= 15 is 0 Å². The van der Waals surface area contributed by atoms with Crippen molar-refractivity contribution in [3.63, 3.8) is 0 Å². The summed E-state index contributed by atoms with van der Waals surface area (Å²) in [6, 6.07) is 0. The highest BCUT2D eigenvalue weighted by Gasteiger charge is 2.59. The van der Waals surface area contributed by atoms with Gasteiger partial charge in [0.2, 0.25) is 0 Å². The van der Waals surface area contributed by atoms with Crippen LogP contribution in [0.25, 0.3) is 0 Å². The third-order valence-corrected chi connectivity index (χ3v) is 3.73. The fourth-order valence-electron chi connectivity index (χ4n) is 3.01. The Morgan fingerprint density at radius 3 is 2.33 bits per heavy atom. The van der Waals surface area contributed by atoms with Crippen LogP contribution in [0.1, 0.15) is 34.6 Å². The third-order valence-electron chi connectivity index (χ3n) is 3.73. The van der Waals surface area contributed by atoms with Crippen LogP contribution in [-0.4, -0.2) is 54.9 Å². The highest BCUT2D eigenvalue weighted by atomic mass is 16.8. The van der Waals surface area contributed by atoms with Crippen LogP contribution in [0.2, 0.25) is 0 Å². The van der Waals surface area contributed by atoms with Gasteiger partial charge in [-0.25, -0.2) is 0 Å². The Hall–Kier alpha value is -0.730. The zero-order chi connectivity index (χ0) is 15.4. The van der Waals surface area contributed by atoms with Crippen LogP contribution in [0.4, 0.5) is 0 Å². The quantitative estimate of drug-likeness (QED) is 0.703. The lowest BCUT2D eigenvalue weighted by Crippen LogP contribution is -2.44. The molecule has 0 bridgehead atoms. The van der Waals surface area contributed by atoms with E-state index in [2.05, 4.69) is 0 Å². The van der Waals surface area contributed by atoms with Crippen LogP contribution in [0.5, 0.6) is 0 Å². The van der Waals surface area contributed by atoms with Crippen molar-refractivity contribution in [2.45, 2.75) is 76.9 Å². The number of esters is 1. The zero-order valence-electron chi connectivity index (χ0n) is 13.0. The van der Waals surface area contributed by atoms with Crippen molar-refractivity contribution in [2.75, 3.05) is 6.61 Å². The molecule has 0 aromatic heterocycles. The average Bonchev–Trinajstić information content (AvgIpc) is 2.90. The lowest BCUT2D eigenvalue weighted by atomic mass is 10.1. The topological polar surface area (TPSA) is 72.5 Å². The van der Waals surface area contributed by atoms with Crippen LogP contribution in [0.15, 0.2) is 0 Å². The summed E-state index contributed by atoms with van der Waals surface area (Å²) in [5, 5.41) is 0. The molecular weight excluding hydrogens is 280 g/mol. The van der Waals surface area contributed by atoms with E-state index in [9.17, 15) is 4.79 Å². The van der Waals surface area contributed by atoms with Gasteiger partial charge in [-0.3, -0.25) is 4.79 Å². The van der Waals surface area contributed by atoms with Gasteiger partial charge in [0, 0.05) is 6.92 Å². The molecule has 0 aromatic carbocycles. The number of hydrogen-bond acceptors (Lipinski definition) is 7. The Bertz CT molecular complexity index is 433. The van der Waals surface area contributed by atoms with Crippen molar-refractivity contribution in [1.82, 2.24) is 0 Å². The van der Waals surface area contributed by atoms with Gasteiger partial charge in [0.25, 0.3) is 0 Å². The van der Waals surface area contributed by atoms with E-state index in [1.54, 1.807) is 13.8 Å². The molecule has 0 unspecified atom stereocenters. The van der Waals surface area contributed by atoms with Crippen molar-refractivity contribution in [1.29, 1.82) is 0 Å². The van der Waals surface area contributed by atoms with Crippen LogP contribution in [0, 0.1) is 0 Å². The highest BCUT2D eigenvalue weighted by molar-refractivity contribution is 5.66. The summed E-state index contributed by atoms with van der Waals surface area (Å²) in [5.74, 6) is -1.82. The van der Waals surface area contributed by atoms with Gasteiger partial charge in [-0.05, 0) is 27.7 Å². The molecule has 7 nitrogen and oxygen atoms in total. The van der Waals surface area contributed by atoms with Gasteiger partial charge < -0.3 is 28.4 Å². The Kier molecular flexibility index (Phi) is 3.53. The fraction of sp³-hybridized carbons (Fsp3) is 0.929. The largest absolute Gasteiger partial charge is 0.457 e. The van der Waals surface area contributed by atoms with Crippen LogP contribution >= 0.6 is 0 Å². The van der Waals surface area contributed by atoms with E-state index in [0.717, 1.165) is 0 Å². The van der Waals surface area contributed by atoms with Gasteiger partial charge in [0.15, 0.2) is 30.1 Å². The molecular formula is C14H22O7. The van der Waals surface area contributed by atoms with Gasteiger partial charge in [-0.15, -0.1) is 0 Å². The number of ether oxygens (including phenoxy) is 6. The first-order valence-corrected chi connectivity index (χ1v) is 7.17. The minimum absolute atomic E-state index is 0.328. The van der Waals surface area contributed by atoms with Crippen LogP contribution < -0.4 is 0 Å². The van der Waals surface area contributed by atoms with Crippen molar-refractivity contribution in [3.8, 4) is 0 Å². The van der Waals surface area contributed by atoms with Gasteiger partial charge in [0.1, 0.15) is 12.2 Å². The second-order valence-corrected chi connectivity index (χ2v) is 6.51. The third kappa shape index (κ3) is 2.93. The Morgan fingerprint density at radius 2 is 1.76 bits per heavy atom. The van der Waals surface area contributed by atoms with Crippen LogP contribution in [-0.2, 0) is 33.2 Å². The zero-order valence-corrected chi connectivity index (χ0v) is 13.0. The van der Waals surface area contributed by atoms with E-state index in [0.29, 0.717) is 6.61 Å². The minimum atomic E-state index is -0.759. The molecule has 0 aromatic rings. The van der Waals surface area contributed by atoms with Crippen molar-refractivity contribution in [3.05, 3.63) is 0 Å². The second kappa shape index (κ2) is 4.89. The van der Waals surface area contributed by atoms with Crippen LogP contribution in [0.3, 0.4) is 0 Å². The van der Waals surface area contributed by atoms with Gasteiger partial charge in [0.05, 0.1) is 6.61 Å². The first kappa shape index (κ1) is 15.2. The van der Waals surface area contributed by atoms with Gasteiger partial charge in [-0.1, -0.05) is 0 Å². The predicted molar refractivity (Wildman–Crippen MR) is 69.2 cm³/mol. The second-order valence-electron chi connectivity index (χ2n) is 6.51. The number of fused-ring (bicyclic) bond motifs is 1. The molecule has 120 valence electrons. The number of carbonyl (C=O) groups excluding carboxylic acids is 1. The Balaban J connectivity index is 1.77. The molecule has 3 saturated heterocycles. The number of hydrogen-bond donors (Lipinski definition) is 0.